The van der Waals surface area contributed by atoms with Gasteiger partial charge in [0.1, 0.15) is 17.4 Å². The van der Waals surface area contributed by atoms with Crippen molar-refractivity contribution in [1.29, 1.82) is 0 Å². The van der Waals surface area contributed by atoms with Gasteiger partial charge in [0.05, 0.1) is 12.0 Å². The second-order valence-corrected chi connectivity index (χ2v) is 5.53. The number of carbonyl (C=O) groups excluding carboxylic acids is 1. The van der Waals surface area contributed by atoms with Gasteiger partial charge in [-0.3, -0.25) is 14.9 Å². The Hall–Kier alpha value is -2.64. The summed E-state index contributed by atoms with van der Waals surface area (Å²) in [7, 11) is 3.05. The number of halogens is 1. The number of methoxy groups -OCH3 is 2. The maximum atomic E-state index is 12.4. The quantitative estimate of drug-likeness (QED) is 0.600. The van der Waals surface area contributed by atoms with Crippen molar-refractivity contribution in [1.82, 2.24) is 5.32 Å². The monoisotopic (exact) mass is 364 g/mol. The number of amides is 1. The van der Waals surface area contributed by atoms with Crippen molar-refractivity contribution in [3.05, 3.63) is 68.7 Å². The van der Waals surface area contributed by atoms with Crippen LogP contribution in [0, 0.1) is 10.1 Å². The molecule has 0 aromatic heterocycles. The SMILES string of the molecule is COc1ccccc1C(CNC(=O)c1cc(Cl)ccc1[N+](=O)[O-])OC. The van der Waals surface area contributed by atoms with Gasteiger partial charge in [0.2, 0.25) is 0 Å². The Kier molecular flexibility index (Phi) is 6.32. The number of nitrogens with one attached hydrogen (secondary N) is 1. The van der Waals surface area contributed by atoms with Crippen LogP contribution in [0.1, 0.15) is 22.0 Å². The standard InChI is InChI=1S/C17H17ClN2O5/c1-24-15-6-4-3-5-12(15)16(25-2)10-19-17(21)13-9-11(18)7-8-14(13)20(22)23/h3-9,16H,10H2,1-2H3,(H,19,21). The molecule has 0 fully saturated rings. The summed E-state index contributed by atoms with van der Waals surface area (Å²) in [4.78, 5) is 22.8. The van der Waals surface area contributed by atoms with Crippen LogP contribution in [0.25, 0.3) is 0 Å². The van der Waals surface area contributed by atoms with Gasteiger partial charge < -0.3 is 14.8 Å². The van der Waals surface area contributed by atoms with Crippen molar-refractivity contribution in [2.24, 2.45) is 0 Å². The van der Waals surface area contributed by atoms with Crippen LogP contribution in [-0.4, -0.2) is 31.6 Å². The first kappa shape index (κ1) is 18.7. The second kappa shape index (κ2) is 8.46. The topological polar surface area (TPSA) is 90.7 Å². The number of hydrogen-bond acceptors (Lipinski definition) is 5. The maximum absolute atomic E-state index is 12.4. The molecule has 0 radical (unpaired) electrons. The van der Waals surface area contributed by atoms with Crippen LogP contribution in [0.5, 0.6) is 5.75 Å². The molecule has 0 aliphatic carbocycles. The van der Waals surface area contributed by atoms with Gasteiger partial charge >= 0.3 is 0 Å². The van der Waals surface area contributed by atoms with E-state index in [2.05, 4.69) is 5.32 Å². The smallest absolute Gasteiger partial charge is 0.282 e. The molecule has 2 aromatic carbocycles. The van der Waals surface area contributed by atoms with Gasteiger partial charge in [-0.15, -0.1) is 0 Å². The molecule has 1 unspecified atom stereocenters. The minimum atomic E-state index is -0.626. The van der Waals surface area contributed by atoms with Crippen LogP contribution in [0.2, 0.25) is 5.02 Å². The molecular weight excluding hydrogens is 348 g/mol. The second-order valence-electron chi connectivity index (χ2n) is 5.09. The summed E-state index contributed by atoms with van der Waals surface area (Å²) in [6.07, 6.45) is -0.474. The lowest BCUT2D eigenvalue weighted by atomic mass is 10.1. The Morgan fingerprint density at radius 3 is 2.64 bits per heavy atom. The summed E-state index contributed by atoms with van der Waals surface area (Å²) in [6, 6.07) is 11.1. The minimum Gasteiger partial charge on any atom is -0.496 e. The van der Waals surface area contributed by atoms with Gasteiger partial charge in [-0.25, -0.2) is 0 Å². The fraction of sp³-hybridized carbons (Fsp3) is 0.235. The molecule has 1 amide bonds. The van der Waals surface area contributed by atoms with Crippen molar-refractivity contribution >= 4 is 23.2 Å². The van der Waals surface area contributed by atoms with E-state index in [1.54, 1.807) is 13.2 Å². The van der Waals surface area contributed by atoms with E-state index in [4.69, 9.17) is 21.1 Å². The number of para-hydroxylation sites is 1. The van der Waals surface area contributed by atoms with Gasteiger partial charge in [0, 0.05) is 30.3 Å². The molecule has 0 spiro atoms. The number of ether oxygens (including phenoxy) is 2. The molecule has 7 nitrogen and oxygen atoms in total. The van der Waals surface area contributed by atoms with E-state index in [0.717, 1.165) is 5.56 Å². The molecule has 0 saturated heterocycles. The van der Waals surface area contributed by atoms with Crippen molar-refractivity contribution in [2.75, 3.05) is 20.8 Å². The Morgan fingerprint density at radius 2 is 2.00 bits per heavy atom. The summed E-state index contributed by atoms with van der Waals surface area (Å²) in [5, 5.41) is 14.0. The molecule has 25 heavy (non-hydrogen) atoms. The molecule has 0 saturated carbocycles. The number of nitro groups is 1. The molecule has 2 aromatic rings. The zero-order valence-corrected chi connectivity index (χ0v) is 14.4. The Labute approximate surface area is 149 Å². The summed E-state index contributed by atoms with van der Waals surface area (Å²) in [5.74, 6) is 0.0171. The first-order valence-electron chi connectivity index (χ1n) is 7.35. The number of nitrogens with zero attached hydrogens (tertiary/aromatic N) is 1. The molecule has 1 atom stereocenters. The van der Waals surface area contributed by atoms with Gasteiger partial charge in [-0.2, -0.15) is 0 Å². The number of nitro benzene ring substituents is 1. The van der Waals surface area contributed by atoms with Gasteiger partial charge in [0.25, 0.3) is 11.6 Å². The zero-order chi connectivity index (χ0) is 18.4. The molecular formula is C17H17ClN2O5. The van der Waals surface area contributed by atoms with Crippen molar-refractivity contribution in [3.63, 3.8) is 0 Å². The Bertz CT molecular complexity index is 781. The average Bonchev–Trinajstić information content (AvgIpc) is 2.62. The third kappa shape index (κ3) is 4.46. The maximum Gasteiger partial charge on any atom is 0.282 e. The normalized spacial score (nSPS) is 11.6. The summed E-state index contributed by atoms with van der Waals surface area (Å²) in [5.41, 5.74) is 0.342. The van der Waals surface area contributed by atoms with Crippen LogP contribution in [0.3, 0.4) is 0 Å². The molecule has 0 bridgehead atoms. The van der Waals surface area contributed by atoms with Crippen LogP contribution >= 0.6 is 11.6 Å². The number of hydrogen-bond donors (Lipinski definition) is 1. The van der Waals surface area contributed by atoms with Crippen LogP contribution < -0.4 is 10.1 Å². The lowest BCUT2D eigenvalue weighted by Gasteiger charge is -2.19. The molecule has 0 aliphatic heterocycles. The van der Waals surface area contributed by atoms with E-state index in [1.165, 1.54) is 25.3 Å². The first-order chi connectivity index (χ1) is 12.0. The number of benzene rings is 2. The lowest BCUT2D eigenvalue weighted by Crippen LogP contribution is -2.29. The van der Waals surface area contributed by atoms with Crippen molar-refractivity contribution in [2.45, 2.75) is 6.10 Å². The Morgan fingerprint density at radius 1 is 1.28 bits per heavy atom. The predicted octanol–water partition coefficient (Wildman–Crippen LogP) is 3.37. The lowest BCUT2D eigenvalue weighted by molar-refractivity contribution is -0.385. The highest BCUT2D eigenvalue weighted by Crippen LogP contribution is 2.27. The Balaban J connectivity index is 2.18. The number of rotatable bonds is 7. The molecule has 132 valence electrons. The van der Waals surface area contributed by atoms with Crippen LogP contribution in [0.15, 0.2) is 42.5 Å². The van der Waals surface area contributed by atoms with E-state index >= 15 is 0 Å². The van der Waals surface area contributed by atoms with Gasteiger partial charge in [-0.05, 0) is 18.2 Å². The van der Waals surface area contributed by atoms with Crippen molar-refractivity contribution < 1.29 is 19.2 Å². The first-order valence-corrected chi connectivity index (χ1v) is 7.73. The highest BCUT2D eigenvalue weighted by molar-refractivity contribution is 6.31. The van der Waals surface area contributed by atoms with E-state index in [1.807, 2.05) is 18.2 Å². The van der Waals surface area contributed by atoms with E-state index in [-0.39, 0.29) is 22.8 Å². The summed E-state index contributed by atoms with van der Waals surface area (Å²) < 4.78 is 10.7. The van der Waals surface area contributed by atoms with E-state index in [0.29, 0.717) is 5.75 Å². The molecule has 1 N–H and O–H groups in total. The van der Waals surface area contributed by atoms with Crippen LogP contribution in [0.4, 0.5) is 5.69 Å². The highest BCUT2D eigenvalue weighted by atomic mass is 35.5. The molecule has 0 aliphatic rings. The van der Waals surface area contributed by atoms with Gasteiger partial charge in [-0.1, -0.05) is 29.8 Å². The third-order valence-corrected chi connectivity index (χ3v) is 3.85. The summed E-state index contributed by atoms with van der Waals surface area (Å²) in [6.45, 7) is 0.110. The van der Waals surface area contributed by atoms with E-state index < -0.39 is 16.9 Å². The molecule has 2 rings (SSSR count). The van der Waals surface area contributed by atoms with Crippen molar-refractivity contribution in [3.8, 4) is 5.75 Å². The fourth-order valence-electron chi connectivity index (χ4n) is 2.38. The largest absolute Gasteiger partial charge is 0.496 e. The molecule has 8 heteroatoms. The van der Waals surface area contributed by atoms with Gasteiger partial charge in [0.15, 0.2) is 0 Å². The minimum absolute atomic E-state index is 0.104. The summed E-state index contributed by atoms with van der Waals surface area (Å²) >= 11 is 5.85. The average molecular weight is 365 g/mol. The van der Waals surface area contributed by atoms with E-state index in [9.17, 15) is 14.9 Å². The fourth-order valence-corrected chi connectivity index (χ4v) is 2.55. The zero-order valence-electron chi connectivity index (χ0n) is 13.7. The highest BCUT2D eigenvalue weighted by Gasteiger charge is 2.22. The molecule has 0 heterocycles. The number of carbonyl (C=O) groups is 1. The third-order valence-electron chi connectivity index (χ3n) is 3.62. The van der Waals surface area contributed by atoms with Crippen LogP contribution in [-0.2, 0) is 4.74 Å². The predicted molar refractivity (Wildman–Crippen MR) is 93.2 cm³/mol.